The van der Waals surface area contributed by atoms with Gasteiger partial charge in [0.15, 0.2) is 0 Å². The van der Waals surface area contributed by atoms with Gasteiger partial charge in [0.05, 0.1) is 23.1 Å². The van der Waals surface area contributed by atoms with Gasteiger partial charge < -0.3 is 0 Å². The molecule has 0 spiro atoms. The van der Waals surface area contributed by atoms with Crippen LogP contribution < -0.4 is 0 Å². The van der Waals surface area contributed by atoms with Crippen LogP contribution in [-0.2, 0) is 0 Å². The standard InChI is InChI=1S/C14H15N3/c1-10(2)14-12(8-15)9-16-17(14)13-6-4-5-11(3)7-13/h4-7,9-10H,1-3H3. The van der Waals surface area contributed by atoms with E-state index >= 15 is 0 Å². The van der Waals surface area contributed by atoms with Crippen molar-refractivity contribution in [3.63, 3.8) is 0 Å². The highest BCUT2D eigenvalue weighted by Crippen LogP contribution is 2.22. The highest BCUT2D eigenvalue weighted by molar-refractivity contribution is 5.42. The van der Waals surface area contributed by atoms with Gasteiger partial charge in [-0.2, -0.15) is 10.4 Å². The molecule has 0 unspecified atom stereocenters. The number of nitriles is 1. The van der Waals surface area contributed by atoms with Crippen molar-refractivity contribution < 1.29 is 0 Å². The van der Waals surface area contributed by atoms with E-state index in [0.29, 0.717) is 5.56 Å². The molecule has 0 atom stereocenters. The molecule has 1 aromatic heterocycles. The van der Waals surface area contributed by atoms with Gasteiger partial charge >= 0.3 is 0 Å². The number of rotatable bonds is 2. The van der Waals surface area contributed by atoms with E-state index in [2.05, 4.69) is 31.1 Å². The minimum atomic E-state index is 0.271. The quantitative estimate of drug-likeness (QED) is 0.787. The van der Waals surface area contributed by atoms with E-state index in [1.165, 1.54) is 5.56 Å². The molecular formula is C14H15N3. The molecule has 0 N–H and O–H groups in total. The SMILES string of the molecule is Cc1cccc(-n2ncc(C#N)c2C(C)C)c1. The Labute approximate surface area is 101 Å². The van der Waals surface area contributed by atoms with E-state index in [9.17, 15) is 0 Å². The van der Waals surface area contributed by atoms with Crippen LogP contribution in [-0.4, -0.2) is 9.78 Å². The van der Waals surface area contributed by atoms with Crippen molar-refractivity contribution in [2.75, 3.05) is 0 Å². The lowest BCUT2D eigenvalue weighted by atomic mass is 10.1. The van der Waals surface area contributed by atoms with Crippen LogP contribution in [0.2, 0.25) is 0 Å². The van der Waals surface area contributed by atoms with Crippen LogP contribution in [0.5, 0.6) is 0 Å². The highest BCUT2D eigenvalue weighted by atomic mass is 15.3. The zero-order chi connectivity index (χ0) is 12.4. The predicted molar refractivity (Wildman–Crippen MR) is 67.1 cm³/mol. The maximum absolute atomic E-state index is 9.08. The molecule has 2 aromatic rings. The summed E-state index contributed by atoms with van der Waals surface area (Å²) < 4.78 is 1.86. The average Bonchev–Trinajstić information content (AvgIpc) is 2.72. The second-order valence-electron chi connectivity index (χ2n) is 4.46. The Morgan fingerprint density at radius 1 is 1.35 bits per heavy atom. The minimum absolute atomic E-state index is 0.271. The van der Waals surface area contributed by atoms with Gasteiger partial charge in [-0.15, -0.1) is 0 Å². The van der Waals surface area contributed by atoms with E-state index in [4.69, 9.17) is 5.26 Å². The molecule has 1 heterocycles. The summed E-state index contributed by atoms with van der Waals surface area (Å²) in [5, 5.41) is 13.4. The van der Waals surface area contributed by atoms with Gasteiger partial charge in [-0.25, -0.2) is 4.68 Å². The smallest absolute Gasteiger partial charge is 0.103 e. The molecule has 17 heavy (non-hydrogen) atoms. The van der Waals surface area contributed by atoms with Gasteiger partial charge in [-0.3, -0.25) is 0 Å². The van der Waals surface area contributed by atoms with Crippen LogP contribution in [0.25, 0.3) is 5.69 Å². The molecule has 0 fully saturated rings. The molecule has 3 nitrogen and oxygen atoms in total. The summed E-state index contributed by atoms with van der Waals surface area (Å²) in [6.07, 6.45) is 1.64. The van der Waals surface area contributed by atoms with Gasteiger partial charge in [-0.05, 0) is 30.5 Å². The first kappa shape index (κ1) is 11.4. The number of hydrogen-bond acceptors (Lipinski definition) is 2. The van der Waals surface area contributed by atoms with Gasteiger partial charge in [0.2, 0.25) is 0 Å². The Morgan fingerprint density at radius 2 is 2.12 bits per heavy atom. The van der Waals surface area contributed by atoms with Crippen molar-refractivity contribution >= 4 is 0 Å². The number of hydrogen-bond donors (Lipinski definition) is 0. The second-order valence-corrected chi connectivity index (χ2v) is 4.46. The lowest BCUT2D eigenvalue weighted by Crippen LogP contribution is -2.04. The Morgan fingerprint density at radius 3 is 2.71 bits per heavy atom. The summed E-state index contributed by atoms with van der Waals surface area (Å²) in [6.45, 7) is 6.20. The first-order valence-electron chi connectivity index (χ1n) is 5.68. The molecule has 0 amide bonds. The summed E-state index contributed by atoms with van der Waals surface area (Å²) in [4.78, 5) is 0. The molecule has 0 bridgehead atoms. The summed E-state index contributed by atoms with van der Waals surface area (Å²) in [5.41, 5.74) is 3.82. The fraction of sp³-hybridized carbons (Fsp3) is 0.286. The maximum atomic E-state index is 9.08. The van der Waals surface area contributed by atoms with Crippen molar-refractivity contribution in [1.29, 1.82) is 5.26 Å². The molecule has 0 aliphatic rings. The monoisotopic (exact) mass is 225 g/mol. The number of aromatic nitrogens is 2. The zero-order valence-electron chi connectivity index (χ0n) is 10.3. The summed E-state index contributed by atoms with van der Waals surface area (Å²) in [5.74, 6) is 0.271. The molecule has 2 rings (SSSR count). The molecule has 0 aliphatic heterocycles. The Kier molecular flexibility index (Phi) is 2.97. The highest BCUT2D eigenvalue weighted by Gasteiger charge is 2.15. The fourth-order valence-electron chi connectivity index (χ4n) is 1.97. The van der Waals surface area contributed by atoms with Gasteiger partial charge in [0.1, 0.15) is 6.07 Å². The molecule has 3 heteroatoms. The molecule has 0 aliphatic carbocycles. The maximum Gasteiger partial charge on any atom is 0.103 e. The zero-order valence-corrected chi connectivity index (χ0v) is 10.3. The number of nitrogens with zero attached hydrogens (tertiary/aromatic N) is 3. The Hall–Kier alpha value is -2.08. The fourth-order valence-corrected chi connectivity index (χ4v) is 1.97. The largest absolute Gasteiger partial charge is 0.236 e. The third-order valence-corrected chi connectivity index (χ3v) is 2.72. The van der Waals surface area contributed by atoms with Gasteiger partial charge in [-0.1, -0.05) is 26.0 Å². The molecule has 0 radical (unpaired) electrons. The van der Waals surface area contributed by atoms with Crippen LogP contribution in [0.3, 0.4) is 0 Å². The lowest BCUT2D eigenvalue weighted by Gasteiger charge is -2.11. The van der Waals surface area contributed by atoms with Crippen molar-refractivity contribution in [1.82, 2.24) is 9.78 Å². The number of aryl methyl sites for hydroxylation is 1. The first-order chi connectivity index (χ1) is 8.13. The van der Waals surface area contributed by atoms with Crippen molar-refractivity contribution in [2.24, 2.45) is 0 Å². The predicted octanol–water partition coefficient (Wildman–Crippen LogP) is 3.18. The third kappa shape index (κ3) is 2.07. The molecular weight excluding hydrogens is 210 g/mol. The number of benzene rings is 1. The Bertz CT molecular complexity index is 573. The summed E-state index contributed by atoms with van der Waals surface area (Å²) in [7, 11) is 0. The van der Waals surface area contributed by atoms with Crippen molar-refractivity contribution in [3.8, 4) is 11.8 Å². The van der Waals surface area contributed by atoms with Gasteiger partial charge in [0, 0.05) is 0 Å². The Balaban J connectivity index is 2.61. The third-order valence-electron chi connectivity index (χ3n) is 2.72. The minimum Gasteiger partial charge on any atom is -0.236 e. The van der Waals surface area contributed by atoms with Crippen LogP contribution in [0.15, 0.2) is 30.5 Å². The topological polar surface area (TPSA) is 41.6 Å². The van der Waals surface area contributed by atoms with E-state index in [-0.39, 0.29) is 5.92 Å². The van der Waals surface area contributed by atoms with Crippen LogP contribution in [0.1, 0.15) is 36.6 Å². The molecule has 0 saturated carbocycles. The van der Waals surface area contributed by atoms with Crippen molar-refractivity contribution in [3.05, 3.63) is 47.3 Å². The van der Waals surface area contributed by atoms with Gasteiger partial charge in [0.25, 0.3) is 0 Å². The molecule has 86 valence electrons. The van der Waals surface area contributed by atoms with Crippen LogP contribution in [0, 0.1) is 18.3 Å². The average molecular weight is 225 g/mol. The molecule has 0 saturated heterocycles. The van der Waals surface area contributed by atoms with E-state index < -0.39 is 0 Å². The van der Waals surface area contributed by atoms with E-state index in [0.717, 1.165) is 11.4 Å². The van der Waals surface area contributed by atoms with E-state index in [1.54, 1.807) is 6.20 Å². The van der Waals surface area contributed by atoms with Crippen LogP contribution >= 0.6 is 0 Å². The second kappa shape index (κ2) is 4.42. The summed E-state index contributed by atoms with van der Waals surface area (Å²) in [6, 6.07) is 10.3. The first-order valence-corrected chi connectivity index (χ1v) is 5.68. The lowest BCUT2D eigenvalue weighted by molar-refractivity contribution is 0.732. The van der Waals surface area contributed by atoms with Crippen LogP contribution in [0.4, 0.5) is 0 Å². The molecule has 1 aromatic carbocycles. The summed E-state index contributed by atoms with van der Waals surface area (Å²) >= 11 is 0. The normalized spacial score (nSPS) is 10.5. The van der Waals surface area contributed by atoms with E-state index in [1.807, 2.05) is 29.8 Å². The van der Waals surface area contributed by atoms with Crippen molar-refractivity contribution in [2.45, 2.75) is 26.7 Å².